The summed E-state index contributed by atoms with van der Waals surface area (Å²) in [4.78, 5) is 59.1. The van der Waals surface area contributed by atoms with Crippen LogP contribution in [0.15, 0.2) is 54.1 Å². The number of likely N-dealkylation sites (tertiary alicyclic amines) is 1. The molecule has 6 atom stereocenters. The summed E-state index contributed by atoms with van der Waals surface area (Å²) in [5, 5.41) is 17.4. The number of hydrogen-bond acceptors (Lipinski definition) is 8. The van der Waals surface area contributed by atoms with Crippen LogP contribution in [0.3, 0.4) is 0 Å². The highest BCUT2D eigenvalue weighted by atomic mass is 35.5. The van der Waals surface area contributed by atoms with E-state index in [1.165, 1.54) is 23.1 Å². The molecule has 264 valence electrons. The number of rotatable bonds is 4. The maximum atomic E-state index is 14.9. The molecule has 51 heavy (non-hydrogen) atoms. The van der Waals surface area contributed by atoms with Gasteiger partial charge in [0.25, 0.3) is 0 Å². The van der Waals surface area contributed by atoms with Crippen molar-refractivity contribution in [3.05, 3.63) is 70.3 Å². The summed E-state index contributed by atoms with van der Waals surface area (Å²) in [6, 6.07) is 10.2. The maximum Gasteiger partial charge on any atom is 0.573 e. The summed E-state index contributed by atoms with van der Waals surface area (Å²) in [6.45, 7) is 3.51. The summed E-state index contributed by atoms with van der Waals surface area (Å²) in [5.74, 6) is -7.27. The zero-order valence-corrected chi connectivity index (χ0v) is 29.2. The topological polar surface area (TPSA) is 122 Å². The van der Waals surface area contributed by atoms with Crippen molar-refractivity contribution in [3.63, 3.8) is 0 Å². The summed E-state index contributed by atoms with van der Waals surface area (Å²) in [6.07, 6.45) is -3.11. The maximum absolute atomic E-state index is 14.9. The van der Waals surface area contributed by atoms with Crippen molar-refractivity contribution in [3.8, 4) is 22.1 Å². The Balaban J connectivity index is 1.27. The van der Waals surface area contributed by atoms with Crippen LogP contribution in [-0.2, 0) is 26.2 Å². The molecule has 0 spiro atoms. The van der Waals surface area contributed by atoms with Crippen molar-refractivity contribution in [2.24, 2.45) is 36.1 Å². The van der Waals surface area contributed by atoms with Gasteiger partial charge in [-0.1, -0.05) is 23.3 Å². The van der Waals surface area contributed by atoms with Gasteiger partial charge < -0.3 is 9.84 Å². The van der Waals surface area contributed by atoms with E-state index in [1.54, 1.807) is 32.2 Å². The second-order valence-corrected chi connectivity index (χ2v) is 15.4. The van der Waals surface area contributed by atoms with E-state index in [0.717, 1.165) is 48.5 Å². The fourth-order valence-electron chi connectivity index (χ4n) is 8.91. The number of alkyl halides is 3. The summed E-state index contributed by atoms with van der Waals surface area (Å²) in [7, 11) is 3.01. The first-order valence-electron chi connectivity index (χ1n) is 16.2. The minimum Gasteiger partial charge on any atom is -0.508 e. The monoisotopic (exact) mass is 738 g/mol. The van der Waals surface area contributed by atoms with E-state index in [0.29, 0.717) is 16.3 Å². The average molecular weight is 739 g/mol. The lowest BCUT2D eigenvalue weighted by Crippen LogP contribution is -2.48. The summed E-state index contributed by atoms with van der Waals surface area (Å²) < 4.78 is 46.7. The third-order valence-electron chi connectivity index (χ3n) is 11.3. The molecule has 4 aliphatic rings. The number of carbonyl (C=O) groups excluding carboxylic acids is 4. The lowest BCUT2D eigenvalue weighted by molar-refractivity contribution is -0.274. The zero-order chi connectivity index (χ0) is 36.5. The number of allylic oxidation sites excluding steroid dienone is 2. The van der Waals surface area contributed by atoms with Gasteiger partial charge in [-0.15, -0.1) is 24.5 Å². The number of anilines is 1. The number of thiophene rings is 1. The number of phenols is 1. The number of aromatic nitrogens is 2. The molecule has 2 aromatic heterocycles. The zero-order valence-electron chi connectivity index (χ0n) is 27.6. The number of halogens is 4. The van der Waals surface area contributed by atoms with E-state index in [9.17, 15) is 37.5 Å². The summed E-state index contributed by atoms with van der Waals surface area (Å²) in [5.41, 5.74) is 0.277. The van der Waals surface area contributed by atoms with E-state index in [4.69, 9.17) is 11.6 Å². The molecule has 2 aliphatic carbocycles. The predicted octanol–water partition coefficient (Wildman–Crippen LogP) is 6.73. The van der Waals surface area contributed by atoms with Gasteiger partial charge in [-0.3, -0.25) is 28.8 Å². The van der Waals surface area contributed by atoms with E-state index in [-0.39, 0.29) is 30.1 Å². The molecule has 2 saturated heterocycles. The van der Waals surface area contributed by atoms with Crippen molar-refractivity contribution >= 4 is 62.5 Å². The van der Waals surface area contributed by atoms with Gasteiger partial charge in [-0.05, 0) is 80.0 Å². The number of fused-ring (bicyclic) bond motifs is 5. The van der Waals surface area contributed by atoms with Crippen LogP contribution in [0.1, 0.15) is 36.8 Å². The molecule has 15 heteroatoms. The van der Waals surface area contributed by atoms with Crippen molar-refractivity contribution in [1.82, 2.24) is 14.7 Å². The lowest BCUT2D eigenvalue weighted by atomic mass is 9.51. The Morgan fingerprint density at radius 1 is 1.02 bits per heavy atom. The molecule has 4 amide bonds. The minimum atomic E-state index is -5.04. The molecule has 0 radical (unpaired) electrons. The predicted molar refractivity (Wildman–Crippen MR) is 181 cm³/mol. The molecule has 8 rings (SSSR count). The Kier molecular flexibility index (Phi) is 7.32. The number of amides is 4. The van der Waals surface area contributed by atoms with Crippen molar-refractivity contribution in [2.45, 2.75) is 39.0 Å². The highest BCUT2D eigenvalue weighted by Gasteiger charge is 2.68. The molecule has 2 aliphatic heterocycles. The number of hydrogen-bond donors (Lipinski definition) is 1. The van der Waals surface area contributed by atoms with Crippen LogP contribution in [-0.4, -0.2) is 56.8 Å². The van der Waals surface area contributed by atoms with Crippen LogP contribution in [0.25, 0.3) is 20.7 Å². The van der Waals surface area contributed by atoms with Gasteiger partial charge in [0.1, 0.15) is 23.0 Å². The highest BCUT2D eigenvalue weighted by Crippen LogP contribution is 2.64. The molecule has 1 saturated carbocycles. The van der Waals surface area contributed by atoms with Crippen LogP contribution < -0.4 is 9.64 Å². The number of phenolic OH excluding ortho intramolecular Hbond substituents is 1. The number of aryl methyl sites for hydroxylation is 2. The van der Waals surface area contributed by atoms with Gasteiger partial charge in [0.05, 0.1) is 28.0 Å². The van der Waals surface area contributed by atoms with Gasteiger partial charge in [0, 0.05) is 41.4 Å². The summed E-state index contributed by atoms with van der Waals surface area (Å²) >= 11 is 7.74. The first-order chi connectivity index (χ1) is 24.0. The number of imide groups is 2. The molecule has 1 N–H and O–H groups in total. The first kappa shape index (κ1) is 33.5. The number of benzene rings is 2. The Morgan fingerprint density at radius 3 is 2.49 bits per heavy atom. The third kappa shape index (κ3) is 4.78. The molecule has 3 fully saturated rings. The molecule has 0 unspecified atom stereocenters. The van der Waals surface area contributed by atoms with Crippen LogP contribution in [0, 0.1) is 36.0 Å². The molecule has 10 nitrogen and oxygen atoms in total. The van der Waals surface area contributed by atoms with Crippen molar-refractivity contribution < 1.29 is 42.2 Å². The van der Waals surface area contributed by atoms with Crippen LogP contribution >= 0.6 is 22.9 Å². The Morgan fingerprint density at radius 2 is 1.76 bits per heavy atom. The smallest absolute Gasteiger partial charge is 0.508 e. The number of aromatic hydroxyl groups is 1. The SMILES string of the molecule is Cc1c(-c2cc(N3C(=O)[C@@H]4C[C@@H]5C(=CC[C@@H]6C(=O)N(C)C(=O)[C@@H]65)[C@H](c5cc(OC(F)(F)F)ccc5O)[C@]4(C)C3=O)n(C)n2)sc2ccc(Cl)cc12. The standard InChI is InChI=1S/C36H30ClF3N4O6S/c1-15-20-11-16(37)5-10-26(20)51-30(15)24-14-27(43(4)41-24)44-32(47)23-13-21-18(7-8-19-28(21)33(48)42(3)31(19)46)29(35(23,2)34(44)49)22-12-17(6-9-25(22)45)50-36(38,39)40/h5-7,9-12,14,19,21,23,28-29,45H,8,13H2,1-4H3/t19-,21+,23-,28-,29+,35+/m0/s1. The fraction of sp³-hybridized carbons (Fsp3) is 0.361. The first-order valence-corrected chi connectivity index (χ1v) is 17.4. The molecular weight excluding hydrogens is 709 g/mol. The van der Waals surface area contributed by atoms with E-state index in [2.05, 4.69) is 9.84 Å². The van der Waals surface area contributed by atoms with Crippen LogP contribution in [0.5, 0.6) is 11.5 Å². The Hall–Kier alpha value is -4.69. The van der Waals surface area contributed by atoms with Gasteiger partial charge >= 0.3 is 6.36 Å². The molecule has 2 aromatic carbocycles. The Labute approximate surface area is 298 Å². The van der Waals surface area contributed by atoms with Crippen molar-refractivity contribution in [1.29, 1.82) is 0 Å². The number of nitrogens with zero attached hydrogens (tertiary/aromatic N) is 4. The quantitative estimate of drug-likeness (QED) is 0.182. The van der Waals surface area contributed by atoms with E-state index in [1.807, 2.05) is 19.1 Å². The molecular formula is C36H30ClF3N4O6S. The largest absolute Gasteiger partial charge is 0.573 e. The number of ether oxygens (including phenoxy) is 1. The van der Waals surface area contributed by atoms with Crippen LogP contribution in [0.2, 0.25) is 5.02 Å². The molecule has 0 bridgehead atoms. The van der Waals surface area contributed by atoms with E-state index >= 15 is 0 Å². The molecule has 4 aromatic rings. The van der Waals surface area contributed by atoms with Crippen LogP contribution in [0.4, 0.5) is 19.0 Å². The lowest BCUT2D eigenvalue weighted by Gasteiger charge is -2.49. The fourth-order valence-corrected chi connectivity index (χ4v) is 10.2. The van der Waals surface area contributed by atoms with Gasteiger partial charge in [-0.25, -0.2) is 4.90 Å². The minimum absolute atomic E-state index is 0.0360. The Bertz CT molecular complexity index is 2260. The van der Waals surface area contributed by atoms with Gasteiger partial charge in [0.2, 0.25) is 23.6 Å². The highest BCUT2D eigenvalue weighted by molar-refractivity contribution is 7.22. The second-order valence-electron chi connectivity index (χ2n) is 13.9. The number of carbonyl (C=O) groups is 4. The average Bonchev–Trinajstić information content (AvgIpc) is 3.72. The molecule has 4 heterocycles. The van der Waals surface area contributed by atoms with E-state index < -0.39 is 70.6 Å². The normalized spacial score (nSPS) is 27.6. The second kappa shape index (κ2) is 11.2. The third-order valence-corrected chi connectivity index (χ3v) is 12.8. The van der Waals surface area contributed by atoms with Gasteiger partial charge in [0.15, 0.2) is 0 Å². The van der Waals surface area contributed by atoms with Crippen molar-refractivity contribution in [2.75, 3.05) is 11.9 Å². The van der Waals surface area contributed by atoms with Gasteiger partial charge in [-0.2, -0.15) is 5.10 Å².